The molecule has 0 aliphatic carbocycles. The SMILES string of the molecule is Cc1ccc2c(c1)oc1c(-c3ccc4c(ccc5oc6ccccc6c54)n3)[c-]ccc12.[Ir].[c-]1ccccc1-c1ccccn1. The van der Waals surface area contributed by atoms with Gasteiger partial charge in [0, 0.05) is 47.8 Å². The Labute approximate surface area is 267 Å². The zero-order valence-corrected chi connectivity index (χ0v) is 26.1. The molecular formula is C39H24IrN2O2-2. The van der Waals surface area contributed by atoms with Crippen molar-refractivity contribution in [2.75, 3.05) is 0 Å². The van der Waals surface area contributed by atoms with Crippen LogP contribution in [0, 0.1) is 19.1 Å². The summed E-state index contributed by atoms with van der Waals surface area (Å²) in [6.45, 7) is 2.07. The van der Waals surface area contributed by atoms with Crippen LogP contribution in [0.3, 0.4) is 0 Å². The third-order valence-corrected chi connectivity index (χ3v) is 7.70. The van der Waals surface area contributed by atoms with E-state index >= 15 is 0 Å². The Balaban J connectivity index is 0.000000203. The average Bonchev–Trinajstić information content (AvgIpc) is 3.64. The minimum atomic E-state index is 0. The molecule has 0 bridgehead atoms. The number of pyridine rings is 2. The molecule has 1 radical (unpaired) electrons. The summed E-state index contributed by atoms with van der Waals surface area (Å²) in [5, 5.41) is 5.50. The Morgan fingerprint density at radius 2 is 1.45 bits per heavy atom. The Bertz CT molecular complexity index is 2370. The zero-order valence-electron chi connectivity index (χ0n) is 23.7. The molecule has 44 heavy (non-hydrogen) atoms. The monoisotopic (exact) mass is 745 g/mol. The van der Waals surface area contributed by atoms with Gasteiger partial charge in [-0.15, -0.1) is 54.1 Å². The number of aromatic nitrogens is 2. The number of para-hydroxylation sites is 1. The smallest absolute Gasteiger partial charge is 0.136 e. The van der Waals surface area contributed by atoms with E-state index in [0.29, 0.717) is 0 Å². The van der Waals surface area contributed by atoms with Gasteiger partial charge in [-0.2, -0.15) is 0 Å². The molecule has 9 rings (SSSR count). The van der Waals surface area contributed by atoms with Crippen LogP contribution in [0.1, 0.15) is 5.56 Å². The van der Waals surface area contributed by atoms with E-state index in [1.165, 1.54) is 5.56 Å². The Morgan fingerprint density at radius 3 is 2.32 bits per heavy atom. The van der Waals surface area contributed by atoms with Crippen molar-refractivity contribution < 1.29 is 28.9 Å². The minimum absolute atomic E-state index is 0. The number of nitrogens with zero attached hydrogens (tertiary/aromatic N) is 2. The molecule has 213 valence electrons. The Morgan fingerprint density at radius 1 is 0.591 bits per heavy atom. The van der Waals surface area contributed by atoms with Gasteiger partial charge >= 0.3 is 0 Å². The molecule has 0 unspecified atom stereocenters. The van der Waals surface area contributed by atoms with Crippen LogP contribution >= 0.6 is 0 Å². The first-order chi connectivity index (χ1) is 21.2. The zero-order chi connectivity index (χ0) is 28.8. The molecular weight excluding hydrogens is 721 g/mol. The quantitative estimate of drug-likeness (QED) is 0.165. The van der Waals surface area contributed by atoms with Gasteiger partial charge in [-0.05, 0) is 54.2 Å². The summed E-state index contributed by atoms with van der Waals surface area (Å²) in [6, 6.07) is 46.8. The molecule has 4 aromatic heterocycles. The third kappa shape index (κ3) is 4.86. The fourth-order valence-electron chi connectivity index (χ4n) is 5.68. The van der Waals surface area contributed by atoms with E-state index in [-0.39, 0.29) is 20.1 Å². The third-order valence-electron chi connectivity index (χ3n) is 7.70. The number of hydrogen-bond donors (Lipinski definition) is 0. The van der Waals surface area contributed by atoms with Crippen LogP contribution in [0.2, 0.25) is 0 Å². The second-order valence-corrected chi connectivity index (χ2v) is 10.5. The topological polar surface area (TPSA) is 52.1 Å². The van der Waals surface area contributed by atoms with Gasteiger partial charge in [0.15, 0.2) is 0 Å². The largest absolute Gasteiger partial charge is 0.501 e. The van der Waals surface area contributed by atoms with Gasteiger partial charge in [0.25, 0.3) is 0 Å². The van der Waals surface area contributed by atoms with Gasteiger partial charge in [0.05, 0.1) is 11.1 Å². The Kier molecular flexibility index (Phi) is 7.27. The van der Waals surface area contributed by atoms with Crippen LogP contribution in [0.25, 0.3) is 77.3 Å². The molecule has 0 saturated heterocycles. The molecule has 0 aliphatic heterocycles. The van der Waals surface area contributed by atoms with Crippen LogP contribution in [-0.2, 0) is 20.1 Å². The first-order valence-corrected chi connectivity index (χ1v) is 14.2. The first-order valence-electron chi connectivity index (χ1n) is 14.2. The molecule has 0 amide bonds. The van der Waals surface area contributed by atoms with Crippen molar-refractivity contribution in [2.24, 2.45) is 0 Å². The van der Waals surface area contributed by atoms with Crippen molar-refractivity contribution in [1.82, 2.24) is 9.97 Å². The second-order valence-electron chi connectivity index (χ2n) is 10.5. The molecule has 4 heterocycles. The summed E-state index contributed by atoms with van der Waals surface area (Å²) in [5.41, 5.74) is 9.33. The van der Waals surface area contributed by atoms with Crippen LogP contribution in [-0.4, -0.2) is 9.97 Å². The predicted octanol–water partition coefficient (Wildman–Crippen LogP) is 10.4. The van der Waals surface area contributed by atoms with Crippen LogP contribution in [0.4, 0.5) is 0 Å². The summed E-state index contributed by atoms with van der Waals surface area (Å²) in [4.78, 5) is 9.20. The van der Waals surface area contributed by atoms with Crippen molar-refractivity contribution in [3.8, 4) is 22.5 Å². The fourth-order valence-corrected chi connectivity index (χ4v) is 5.68. The Hall–Kier alpha value is -5.09. The number of hydrogen-bond acceptors (Lipinski definition) is 4. The average molecular weight is 745 g/mol. The van der Waals surface area contributed by atoms with Gasteiger partial charge < -0.3 is 13.8 Å². The standard InChI is InChI=1S/C28H16NO2.C11H8N.Ir/c1-16-9-10-17-18-6-4-7-20(28(18)31-26(17)15-16)23-12-11-19-22(29-23)13-14-25-27(19)21-5-2-3-8-24(21)30-25;1-2-6-10(7-3-1)11-8-4-5-9-12-11;/h2-6,8-15H,1H3;1-6,8-9H;/q2*-1;. The fraction of sp³-hybridized carbons (Fsp3) is 0.0256. The maximum absolute atomic E-state index is 6.26. The number of benzene rings is 5. The summed E-state index contributed by atoms with van der Waals surface area (Å²) in [5.74, 6) is 0. The van der Waals surface area contributed by atoms with Crippen molar-refractivity contribution in [3.05, 3.63) is 145 Å². The van der Waals surface area contributed by atoms with Gasteiger partial charge in [0.2, 0.25) is 0 Å². The van der Waals surface area contributed by atoms with Crippen molar-refractivity contribution in [1.29, 1.82) is 0 Å². The van der Waals surface area contributed by atoms with Crippen LogP contribution in [0.5, 0.6) is 0 Å². The number of fused-ring (bicyclic) bond motifs is 8. The summed E-state index contributed by atoms with van der Waals surface area (Å²) < 4.78 is 12.3. The minimum Gasteiger partial charge on any atom is -0.501 e. The molecule has 5 heteroatoms. The summed E-state index contributed by atoms with van der Waals surface area (Å²) >= 11 is 0. The maximum atomic E-state index is 6.26. The van der Waals surface area contributed by atoms with Gasteiger partial charge in [-0.25, -0.2) is 0 Å². The van der Waals surface area contributed by atoms with Crippen molar-refractivity contribution in [3.63, 3.8) is 0 Å². The molecule has 0 spiro atoms. The number of aryl methyl sites for hydroxylation is 1. The van der Waals surface area contributed by atoms with E-state index in [1.54, 1.807) is 6.20 Å². The van der Waals surface area contributed by atoms with E-state index in [2.05, 4.69) is 60.4 Å². The summed E-state index contributed by atoms with van der Waals surface area (Å²) in [7, 11) is 0. The van der Waals surface area contributed by atoms with E-state index in [1.807, 2.05) is 84.9 Å². The number of furan rings is 2. The van der Waals surface area contributed by atoms with Crippen LogP contribution in [0.15, 0.2) is 136 Å². The number of rotatable bonds is 2. The maximum Gasteiger partial charge on any atom is 0.136 e. The molecule has 0 atom stereocenters. The molecule has 0 N–H and O–H groups in total. The molecule has 9 aromatic rings. The van der Waals surface area contributed by atoms with Crippen molar-refractivity contribution >= 4 is 54.8 Å². The normalized spacial score (nSPS) is 11.1. The van der Waals surface area contributed by atoms with Gasteiger partial charge in [-0.1, -0.05) is 65.5 Å². The van der Waals surface area contributed by atoms with E-state index in [0.717, 1.165) is 77.3 Å². The molecule has 4 nitrogen and oxygen atoms in total. The second kappa shape index (κ2) is 11.5. The summed E-state index contributed by atoms with van der Waals surface area (Å²) in [6.07, 6.45) is 1.79. The van der Waals surface area contributed by atoms with E-state index < -0.39 is 0 Å². The molecule has 5 aromatic carbocycles. The first kappa shape index (κ1) is 27.7. The van der Waals surface area contributed by atoms with E-state index in [9.17, 15) is 0 Å². The van der Waals surface area contributed by atoms with Gasteiger partial charge in [-0.3, -0.25) is 4.98 Å². The molecule has 0 fully saturated rings. The predicted molar refractivity (Wildman–Crippen MR) is 174 cm³/mol. The van der Waals surface area contributed by atoms with E-state index in [4.69, 9.17) is 13.8 Å². The van der Waals surface area contributed by atoms with Crippen LogP contribution < -0.4 is 0 Å². The molecule has 0 saturated carbocycles. The molecule has 0 aliphatic rings. The van der Waals surface area contributed by atoms with Gasteiger partial charge in [0.1, 0.15) is 16.7 Å². The van der Waals surface area contributed by atoms with Crippen molar-refractivity contribution in [2.45, 2.75) is 6.92 Å².